The summed E-state index contributed by atoms with van der Waals surface area (Å²) in [5.74, 6) is 1.69. The smallest absolute Gasteiger partial charge is 0.109 e. The fourth-order valence-corrected chi connectivity index (χ4v) is 3.72. The van der Waals surface area contributed by atoms with E-state index in [9.17, 15) is 0 Å². The maximum atomic E-state index is 5.69. The van der Waals surface area contributed by atoms with Crippen molar-refractivity contribution in [3.8, 4) is 0 Å². The highest BCUT2D eigenvalue weighted by Gasteiger charge is 2.34. The zero-order chi connectivity index (χ0) is 16.6. The number of rotatable bonds is 5. The minimum absolute atomic E-state index is 0.293. The van der Waals surface area contributed by atoms with E-state index in [0.717, 1.165) is 37.4 Å². The normalized spacial score (nSPS) is 21.2. The standard InChI is InChI=1S/C19H29N3O/c1-13(12-22-15(3)8-14(2)21-22)11-20-17-9-19(4,5)10-18-16(17)6-7-23-18/h6-8,13,17,20H,9-12H2,1-5H3/t13-,17+/m1/s1. The summed E-state index contributed by atoms with van der Waals surface area (Å²) in [5, 5.41) is 8.33. The first-order valence-electron chi connectivity index (χ1n) is 8.65. The number of nitrogens with one attached hydrogen (secondary N) is 1. The van der Waals surface area contributed by atoms with Crippen LogP contribution in [0.4, 0.5) is 0 Å². The number of hydrogen-bond acceptors (Lipinski definition) is 3. The Hall–Kier alpha value is -1.55. The predicted molar refractivity (Wildman–Crippen MR) is 92.4 cm³/mol. The molecule has 0 fully saturated rings. The van der Waals surface area contributed by atoms with E-state index in [1.165, 1.54) is 11.3 Å². The number of nitrogens with zero attached hydrogens (tertiary/aromatic N) is 2. The van der Waals surface area contributed by atoms with Gasteiger partial charge in [-0.05, 0) is 43.7 Å². The van der Waals surface area contributed by atoms with E-state index in [0.29, 0.717) is 17.4 Å². The van der Waals surface area contributed by atoms with Crippen molar-refractivity contribution in [2.75, 3.05) is 6.54 Å². The lowest BCUT2D eigenvalue weighted by Crippen LogP contribution is -2.35. The van der Waals surface area contributed by atoms with Gasteiger partial charge in [-0.25, -0.2) is 0 Å². The van der Waals surface area contributed by atoms with Gasteiger partial charge in [-0.3, -0.25) is 4.68 Å². The molecule has 23 heavy (non-hydrogen) atoms. The molecular weight excluding hydrogens is 286 g/mol. The van der Waals surface area contributed by atoms with Crippen LogP contribution in [0.25, 0.3) is 0 Å². The van der Waals surface area contributed by atoms with Crippen molar-refractivity contribution < 1.29 is 4.42 Å². The lowest BCUT2D eigenvalue weighted by atomic mass is 9.74. The second-order valence-corrected chi connectivity index (χ2v) is 8.02. The minimum atomic E-state index is 0.293. The van der Waals surface area contributed by atoms with Crippen molar-refractivity contribution in [3.63, 3.8) is 0 Å². The molecule has 1 N–H and O–H groups in total. The average Bonchev–Trinajstić information content (AvgIpc) is 3.01. The van der Waals surface area contributed by atoms with Crippen molar-refractivity contribution in [3.05, 3.63) is 41.1 Å². The highest BCUT2D eigenvalue weighted by molar-refractivity contribution is 5.26. The number of fused-ring (bicyclic) bond motifs is 1. The highest BCUT2D eigenvalue weighted by atomic mass is 16.3. The summed E-state index contributed by atoms with van der Waals surface area (Å²) in [6, 6.07) is 4.67. The number of furan rings is 1. The number of aryl methyl sites for hydroxylation is 2. The topological polar surface area (TPSA) is 43.0 Å². The van der Waals surface area contributed by atoms with E-state index in [1.807, 2.05) is 6.26 Å². The molecule has 0 saturated carbocycles. The van der Waals surface area contributed by atoms with Crippen LogP contribution in [-0.4, -0.2) is 16.3 Å². The third-order valence-corrected chi connectivity index (χ3v) is 4.85. The molecule has 2 heterocycles. The van der Waals surface area contributed by atoms with Crippen molar-refractivity contribution in [1.29, 1.82) is 0 Å². The first-order chi connectivity index (χ1) is 10.8. The summed E-state index contributed by atoms with van der Waals surface area (Å²) in [4.78, 5) is 0. The van der Waals surface area contributed by atoms with Gasteiger partial charge in [-0.1, -0.05) is 20.8 Å². The van der Waals surface area contributed by atoms with Crippen LogP contribution in [0.5, 0.6) is 0 Å². The van der Waals surface area contributed by atoms with Crippen LogP contribution in [0.15, 0.2) is 22.8 Å². The van der Waals surface area contributed by atoms with Crippen LogP contribution >= 0.6 is 0 Å². The molecule has 0 aromatic carbocycles. The minimum Gasteiger partial charge on any atom is -0.469 e. The van der Waals surface area contributed by atoms with Gasteiger partial charge in [-0.2, -0.15) is 5.10 Å². The van der Waals surface area contributed by atoms with E-state index in [2.05, 4.69) is 61.8 Å². The summed E-state index contributed by atoms with van der Waals surface area (Å²) in [6.45, 7) is 13.1. The van der Waals surface area contributed by atoms with Crippen molar-refractivity contribution >= 4 is 0 Å². The van der Waals surface area contributed by atoms with Gasteiger partial charge in [0.15, 0.2) is 0 Å². The molecular formula is C19H29N3O. The summed E-state index contributed by atoms with van der Waals surface area (Å²) in [5.41, 5.74) is 3.98. The Morgan fingerprint density at radius 1 is 1.43 bits per heavy atom. The molecule has 2 atom stereocenters. The molecule has 0 spiro atoms. The summed E-state index contributed by atoms with van der Waals surface area (Å²) >= 11 is 0. The van der Waals surface area contributed by atoms with E-state index in [-0.39, 0.29) is 0 Å². The average molecular weight is 315 g/mol. The zero-order valence-corrected chi connectivity index (χ0v) is 15.0. The molecule has 2 aromatic heterocycles. The van der Waals surface area contributed by atoms with E-state index in [1.54, 1.807) is 0 Å². The first kappa shape index (κ1) is 16.3. The molecule has 0 aliphatic heterocycles. The molecule has 0 unspecified atom stereocenters. The summed E-state index contributed by atoms with van der Waals surface area (Å²) < 4.78 is 7.81. The van der Waals surface area contributed by atoms with Crippen molar-refractivity contribution in [2.45, 2.75) is 60.0 Å². The molecule has 0 bridgehead atoms. The molecule has 1 aliphatic carbocycles. The molecule has 4 heteroatoms. The third kappa shape index (κ3) is 3.69. The van der Waals surface area contributed by atoms with Gasteiger partial charge in [0.05, 0.1) is 12.0 Å². The third-order valence-electron chi connectivity index (χ3n) is 4.85. The maximum Gasteiger partial charge on any atom is 0.109 e. The van der Waals surface area contributed by atoms with Crippen molar-refractivity contribution in [1.82, 2.24) is 15.1 Å². The highest BCUT2D eigenvalue weighted by Crippen LogP contribution is 2.41. The Bertz CT molecular complexity index is 668. The summed E-state index contributed by atoms with van der Waals surface area (Å²) in [6.07, 6.45) is 4.03. The molecule has 0 amide bonds. The fourth-order valence-electron chi connectivity index (χ4n) is 3.72. The van der Waals surface area contributed by atoms with Crippen LogP contribution in [-0.2, 0) is 13.0 Å². The largest absolute Gasteiger partial charge is 0.469 e. The Morgan fingerprint density at radius 3 is 2.91 bits per heavy atom. The van der Waals surface area contributed by atoms with Crippen LogP contribution in [0.1, 0.15) is 55.9 Å². The van der Waals surface area contributed by atoms with E-state index < -0.39 is 0 Å². The van der Waals surface area contributed by atoms with Crippen LogP contribution in [0.3, 0.4) is 0 Å². The number of hydrogen-bond donors (Lipinski definition) is 1. The second kappa shape index (κ2) is 6.16. The molecule has 126 valence electrons. The van der Waals surface area contributed by atoms with Crippen LogP contribution < -0.4 is 5.32 Å². The molecule has 1 aliphatic rings. The monoisotopic (exact) mass is 315 g/mol. The molecule has 0 saturated heterocycles. The van der Waals surface area contributed by atoms with Gasteiger partial charge in [0.2, 0.25) is 0 Å². The van der Waals surface area contributed by atoms with E-state index >= 15 is 0 Å². The van der Waals surface area contributed by atoms with Gasteiger partial charge >= 0.3 is 0 Å². The lowest BCUT2D eigenvalue weighted by Gasteiger charge is -2.35. The zero-order valence-electron chi connectivity index (χ0n) is 15.0. The Labute approximate surface area is 139 Å². The molecule has 0 radical (unpaired) electrons. The molecule has 2 aromatic rings. The Balaban J connectivity index is 1.61. The van der Waals surface area contributed by atoms with E-state index in [4.69, 9.17) is 4.42 Å². The Kier molecular flexibility index (Phi) is 4.37. The lowest BCUT2D eigenvalue weighted by molar-refractivity contribution is 0.229. The van der Waals surface area contributed by atoms with Gasteiger partial charge in [0, 0.05) is 36.8 Å². The van der Waals surface area contributed by atoms with Gasteiger partial charge < -0.3 is 9.73 Å². The number of aromatic nitrogens is 2. The molecule has 4 nitrogen and oxygen atoms in total. The van der Waals surface area contributed by atoms with Crippen LogP contribution in [0, 0.1) is 25.2 Å². The maximum absolute atomic E-state index is 5.69. The van der Waals surface area contributed by atoms with Crippen LogP contribution in [0.2, 0.25) is 0 Å². The molecule has 3 rings (SSSR count). The fraction of sp³-hybridized carbons (Fsp3) is 0.632. The first-order valence-corrected chi connectivity index (χ1v) is 8.65. The summed E-state index contributed by atoms with van der Waals surface area (Å²) in [7, 11) is 0. The van der Waals surface area contributed by atoms with Gasteiger partial charge in [-0.15, -0.1) is 0 Å². The Morgan fingerprint density at radius 2 is 2.22 bits per heavy atom. The van der Waals surface area contributed by atoms with Gasteiger partial charge in [0.25, 0.3) is 0 Å². The van der Waals surface area contributed by atoms with Crippen molar-refractivity contribution in [2.24, 2.45) is 11.3 Å². The quantitative estimate of drug-likeness (QED) is 0.906. The SMILES string of the molecule is Cc1cc(C)n(C[C@H](C)CN[C@H]2CC(C)(C)Cc3occc32)n1. The second-order valence-electron chi connectivity index (χ2n) is 8.02. The predicted octanol–water partition coefficient (Wildman–Crippen LogP) is 4.03. The van der Waals surface area contributed by atoms with Gasteiger partial charge in [0.1, 0.15) is 5.76 Å².